The van der Waals surface area contributed by atoms with E-state index in [0.29, 0.717) is 25.6 Å². The van der Waals surface area contributed by atoms with Crippen LogP contribution in [0.4, 0.5) is 10.5 Å². The standard InChI is InChI=1S/C28H31N3O3S/c1-20-7-11-22(12-8-20)29-28(33)30(17-21-9-10-21)18-27(32)31-15-13-26-24(14-16-35-26)25(31)19-34-23-5-3-2-4-6-23/h2-8,11-12,14,16,21,25H,9-10,13,15,17-19H2,1H3,(H,29,33)/t25-/m0/s1. The van der Waals surface area contributed by atoms with Crippen molar-refractivity contribution >= 4 is 29.0 Å². The van der Waals surface area contributed by atoms with E-state index in [1.807, 2.05) is 66.4 Å². The number of ether oxygens (including phenoxy) is 1. The number of carbonyl (C=O) groups is 2. The maximum Gasteiger partial charge on any atom is 0.322 e. The molecular weight excluding hydrogens is 458 g/mol. The molecule has 35 heavy (non-hydrogen) atoms. The maximum absolute atomic E-state index is 13.6. The van der Waals surface area contributed by atoms with Crippen LogP contribution < -0.4 is 10.1 Å². The lowest BCUT2D eigenvalue weighted by Crippen LogP contribution is -2.49. The van der Waals surface area contributed by atoms with E-state index in [1.54, 1.807) is 16.2 Å². The Morgan fingerprint density at radius 3 is 2.60 bits per heavy atom. The van der Waals surface area contributed by atoms with Gasteiger partial charge in [0.15, 0.2) is 0 Å². The molecule has 2 heterocycles. The predicted molar refractivity (Wildman–Crippen MR) is 139 cm³/mol. The predicted octanol–water partition coefficient (Wildman–Crippen LogP) is 5.51. The van der Waals surface area contributed by atoms with Crippen LogP contribution in [0.3, 0.4) is 0 Å². The second-order valence-corrected chi connectivity index (χ2v) is 10.4. The lowest BCUT2D eigenvalue weighted by molar-refractivity contribution is -0.135. The summed E-state index contributed by atoms with van der Waals surface area (Å²) < 4.78 is 6.09. The van der Waals surface area contributed by atoms with Gasteiger partial charge in [-0.3, -0.25) is 4.79 Å². The molecule has 0 unspecified atom stereocenters. The highest BCUT2D eigenvalue weighted by Gasteiger charge is 2.35. The molecule has 3 amide bonds. The molecule has 1 saturated carbocycles. The average Bonchev–Trinajstić information content (AvgIpc) is 3.56. The molecule has 2 aromatic carbocycles. The average molecular weight is 490 g/mol. The van der Waals surface area contributed by atoms with Gasteiger partial charge in [0.2, 0.25) is 5.91 Å². The van der Waals surface area contributed by atoms with Crippen LogP contribution in [0.1, 0.15) is 34.9 Å². The number of nitrogens with zero attached hydrogens (tertiary/aromatic N) is 2. The third-order valence-electron chi connectivity index (χ3n) is 6.66. The molecule has 2 aliphatic rings. The summed E-state index contributed by atoms with van der Waals surface area (Å²) in [7, 11) is 0. The van der Waals surface area contributed by atoms with E-state index in [0.717, 1.165) is 41.8 Å². The molecule has 0 saturated heterocycles. The third kappa shape index (κ3) is 5.85. The van der Waals surface area contributed by atoms with Crippen LogP contribution in [0.25, 0.3) is 0 Å². The van der Waals surface area contributed by atoms with Crippen LogP contribution in [0, 0.1) is 12.8 Å². The van der Waals surface area contributed by atoms with Gasteiger partial charge in [-0.15, -0.1) is 11.3 Å². The Hall–Kier alpha value is -3.32. The van der Waals surface area contributed by atoms with E-state index >= 15 is 0 Å². The van der Waals surface area contributed by atoms with Crippen LogP contribution in [0.2, 0.25) is 0 Å². The molecule has 0 spiro atoms. The molecule has 1 atom stereocenters. The SMILES string of the molecule is Cc1ccc(NC(=O)N(CC(=O)N2CCc3sccc3[C@@H]2COc2ccccc2)CC2CC2)cc1. The van der Waals surface area contributed by atoms with Crippen molar-refractivity contribution in [2.75, 3.05) is 31.6 Å². The summed E-state index contributed by atoms with van der Waals surface area (Å²) in [4.78, 5) is 31.7. The van der Waals surface area contributed by atoms with E-state index in [-0.39, 0.29) is 24.5 Å². The van der Waals surface area contributed by atoms with Crippen LogP contribution in [-0.4, -0.2) is 48.0 Å². The number of para-hydroxylation sites is 1. The number of fused-ring (bicyclic) bond motifs is 1. The van der Waals surface area contributed by atoms with Gasteiger partial charge in [0.1, 0.15) is 18.9 Å². The van der Waals surface area contributed by atoms with Crippen molar-refractivity contribution in [2.24, 2.45) is 5.92 Å². The summed E-state index contributed by atoms with van der Waals surface area (Å²) in [5, 5.41) is 5.06. The maximum atomic E-state index is 13.6. The van der Waals surface area contributed by atoms with Gasteiger partial charge >= 0.3 is 6.03 Å². The molecule has 1 N–H and O–H groups in total. The van der Waals surface area contributed by atoms with Gasteiger partial charge in [0.05, 0.1) is 6.04 Å². The van der Waals surface area contributed by atoms with Crippen molar-refractivity contribution in [1.82, 2.24) is 9.80 Å². The Morgan fingerprint density at radius 1 is 1.09 bits per heavy atom. The zero-order valence-corrected chi connectivity index (χ0v) is 20.8. The number of hydrogen-bond acceptors (Lipinski definition) is 4. The summed E-state index contributed by atoms with van der Waals surface area (Å²) in [6.07, 6.45) is 3.05. The molecule has 1 aliphatic heterocycles. The van der Waals surface area contributed by atoms with E-state index in [9.17, 15) is 9.59 Å². The van der Waals surface area contributed by atoms with Crippen LogP contribution >= 0.6 is 11.3 Å². The first-order valence-electron chi connectivity index (χ1n) is 12.2. The summed E-state index contributed by atoms with van der Waals surface area (Å²) in [6.45, 7) is 3.70. The molecule has 5 rings (SSSR count). The van der Waals surface area contributed by atoms with Crippen LogP contribution in [0.15, 0.2) is 66.0 Å². The number of rotatable bonds is 8. The second kappa shape index (κ2) is 10.5. The van der Waals surface area contributed by atoms with Gasteiger partial charge in [0, 0.05) is 23.7 Å². The summed E-state index contributed by atoms with van der Waals surface area (Å²) in [5.41, 5.74) is 3.03. The Kier molecular flexibility index (Phi) is 7.04. The molecule has 3 aromatic rings. The first kappa shape index (κ1) is 23.4. The van der Waals surface area contributed by atoms with Gasteiger partial charge in [-0.05, 0) is 73.4 Å². The molecule has 1 aromatic heterocycles. The molecule has 1 aliphatic carbocycles. The van der Waals surface area contributed by atoms with E-state index in [1.165, 1.54) is 4.88 Å². The Bertz CT molecular complexity index is 1160. The number of anilines is 1. The summed E-state index contributed by atoms with van der Waals surface area (Å²) in [5.74, 6) is 1.23. The Morgan fingerprint density at radius 2 is 1.86 bits per heavy atom. The Labute approximate surface area is 210 Å². The number of benzene rings is 2. The van der Waals surface area contributed by atoms with Gasteiger partial charge in [-0.2, -0.15) is 0 Å². The van der Waals surface area contributed by atoms with E-state index in [2.05, 4.69) is 16.8 Å². The number of thiophene rings is 1. The fraction of sp³-hybridized carbons (Fsp3) is 0.357. The summed E-state index contributed by atoms with van der Waals surface area (Å²) >= 11 is 1.73. The number of urea groups is 1. The number of aryl methyl sites for hydroxylation is 1. The Balaban J connectivity index is 1.30. The largest absolute Gasteiger partial charge is 0.491 e. The zero-order chi connectivity index (χ0) is 24.2. The lowest BCUT2D eigenvalue weighted by Gasteiger charge is -2.37. The molecular formula is C28H31N3O3S. The minimum atomic E-state index is -0.223. The van der Waals surface area contributed by atoms with E-state index < -0.39 is 0 Å². The van der Waals surface area contributed by atoms with Gasteiger partial charge in [-0.1, -0.05) is 35.9 Å². The van der Waals surface area contributed by atoms with Crippen LogP contribution in [0.5, 0.6) is 5.75 Å². The smallest absolute Gasteiger partial charge is 0.322 e. The zero-order valence-electron chi connectivity index (χ0n) is 20.0. The third-order valence-corrected chi connectivity index (χ3v) is 7.65. The fourth-order valence-corrected chi connectivity index (χ4v) is 5.42. The van der Waals surface area contributed by atoms with Crippen molar-refractivity contribution in [3.63, 3.8) is 0 Å². The molecule has 1 fully saturated rings. The number of carbonyl (C=O) groups excluding carboxylic acids is 2. The molecule has 7 heteroatoms. The van der Waals surface area contributed by atoms with Crippen molar-refractivity contribution in [3.8, 4) is 5.75 Å². The van der Waals surface area contributed by atoms with Crippen molar-refractivity contribution in [3.05, 3.63) is 82.0 Å². The highest BCUT2D eigenvalue weighted by atomic mass is 32.1. The minimum Gasteiger partial charge on any atom is -0.491 e. The highest BCUT2D eigenvalue weighted by Crippen LogP contribution is 2.34. The first-order chi connectivity index (χ1) is 17.1. The van der Waals surface area contributed by atoms with Crippen molar-refractivity contribution in [1.29, 1.82) is 0 Å². The lowest BCUT2D eigenvalue weighted by atomic mass is 10.0. The fourth-order valence-electron chi connectivity index (χ4n) is 4.49. The molecule has 0 bridgehead atoms. The van der Waals surface area contributed by atoms with Gasteiger partial charge in [0.25, 0.3) is 0 Å². The highest BCUT2D eigenvalue weighted by molar-refractivity contribution is 7.10. The number of amides is 3. The minimum absolute atomic E-state index is 0.0387. The second-order valence-electron chi connectivity index (χ2n) is 9.40. The number of nitrogens with one attached hydrogen (secondary N) is 1. The summed E-state index contributed by atoms with van der Waals surface area (Å²) in [6, 6.07) is 19.1. The number of hydrogen-bond donors (Lipinski definition) is 1. The molecule has 182 valence electrons. The van der Waals surface area contributed by atoms with Gasteiger partial charge < -0.3 is 19.9 Å². The molecule has 6 nitrogen and oxygen atoms in total. The first-order valence-corrected chi connectivity index (χ1v) is 13.1. The molecule has 0 radical (unpaired) electrons. The van der Waals surface area contributed by atoms with E-state index in [4.69, 9.17) is 4.74 Å². The quantitative estimate of drug-likeness (QED) is 0.454. The van der Waals surface area contributed by atoms with Crippen LogP contribution in [-0.2, 0) is 11.2 Å². The van der Waals surface area contributed by atoms with Gasteiger partial charge in [-0.25, -0.2) is 4.79 Å². The van der Waals surface area contributed by atoms with Crippen molar-refractivity contribution in [2.45, 2.75) is 32.2 Å². The topological polar surface area (TPSA) is 61.9 Å². The van der Waals surface area contributed by atoms with Crippen molar-refractivity contribution < 1.29 is 14.3 Å². The monoisotopic (exact) mass is 489 g/mol. The normalized spacial score (nSPS) is 16.9.